The van der Waals surface area contributed by atoms with Crippen molar-refractivity contribution in [2.24, 2.45) is 0 Å². The highest BCUT2D eigenvalue weighted by Crippen LogP contribution is 2.25. The fraction of sp³-hybridized carbons (Fsp3) is 0. The van der Waals surface area contributed by atoms with Crippen LogP contribution in [0.3, 0.4) is 0 Å². The number of hydrogen-bond donors (Lipinski definition) is 0. The van der Waals surface area contributed by atoms with Crippen LogP contribution in [0.15, 0.2) is 54.6 Å². The molecule has 3 heteroatoms. The van der Waals surface area contributed by atoms with Crippen molar-refractivity contribution < 1.29 is 4.79 Å². The maximum Gasteiger partial charge on any atom is 0.203 e. The summed E-state index contributed by atoms with van der Waals surface area (Å²) in [5.41, 5.74) is 0.701. The van der Waals surface area contributed by atoms with Crippen molar-refractivity contribution in [2.45, 2.75) is 0 Å². The van der Waals surface area contributed by atoms with Crippen molar-refractivity contribution in [1.29, 1.82) is 0 Å². The number of halogens is 1. The molecule has 0 aliphatic heterocycles. The molecule has 18 heavy (non-hydrogen) atoms. The minimum Gasteiger partial charge on any atom is -0.288 e. The average molecular weight is 273 g/mol. The Morgan fingerprint density at radius 2 is 1.72 bits per heavy atom. The smallest absolute Gasteiger partial charge is 0.203 e. The van der Waals surface area contributed by atoms with Crippen LogP contribution in [0.4, 0.5) is 0 Å². The molecule has 0 amide bonds. The molecule has 0 fully saturated rings. The summed E-state index contributed by atoms with van der Waals surface area (Å²) in [5, 5.41) is 2.21. The molecule has 2 aromatic carbocycles. The average Bonchev–Trinajstić information content (AvgIpc) is 2.84. The fourth-order valence-corrected chi connectivity index (χ4v) is 2.91. The second kappa shape index (κ2) is 4.56. The summed E-state index contributed by atoms with van der Waals surface area (Å²) in [6.07, 6.45) is 0. The molecule has 0 unspecified atom stereocenters. The lowest BCUT2D eigenvalue weighted by Crippen LogP contribution is -1.97. The van der Waals surface area contributed by atoms with Crippen molar-refractivity contribution in [1.82, 2.24) is 0 Å². The molecule has 3 aromatic rings. The molecule has 0 aliphatic carbocycles. The highest BCUT2D eigenvalue weighted by Gasteiger charge is 2.11. The van der Waals surface area contributed by atoms with Gasteiger partial charge in [0.1, 0.15) is 0 Å². The summed E-state index contributed by atoms with van der Waals surface area (Å²) in [7, 11) is 0. The van der Waals surface area contributed by atoms with E-state index < -0.39 is 0 Å². The molecule has 1 aromatic heterocycles. The second-order valence-corrected chi connectivity index (χ2v) is 5.71. The summed E-state index contributed by atoms with van der Waals surface area (Å²) >= 11 is 7.17. The van der Waals surface area contributed by atoms with Crippen LogP contribution in [0.25, 0.3) is 10.8 Å². The maximum atomic E-state index is 12.3. The third-order valence-corrected chi connectivity index (χ3v) is 4.04. The van der Waals surface area contributed by atoms with Gasteiger partial charge in [-0.2, -0.15) is 0 Å². The molecule has 0 spiro atoms. The summed E-state index contributed by atoms with van der Waals surface area (Å²) in [4.78, 5) is 12.9. The molecule has 88 valence electrons. The van der Waals surface area contributed by atoms with Crippen molar-refractivity contribution in [3.05, 3.63) is 69.4 Å². The van der Waals surface area contributed by atoms with Crippen molar-refractivity contribution >= 4 is 39.5 Å². The Morgan fingerprint density at radius 1 is 0.944 bits per heavy atom. The third kappa shape index (κ3) is 2.05. The predicted octanol–water partition coefficient (Wildman–Crippen LogP) is 4.79. The molecular formula is C15H9ClOS. The van der Waals surface area contributed by atoms with E-state index in [9.17, 15) is 4.79 Å². The number of carbonyl (C=O) groups is 1. The first kappa shape index (κ1) is 11.5. The molecule has 0 N–H and O–H groups in total. The number of ketones is 1. The summed E-state index contributed by atoms with van der Waals surface area (Å²) in [5.74, 6) is 0.0256. The van der Waals surface area contributed by atoms with E-state index in [2.05, 4.69) is 0 Å². The second-order valence-electron chi connectivity index (χ2n) is 3.99. The number of rotatable bonds is 2. The standard InChI is InChI=1S/C15H9ClOS/c16-14-8-7-13(18-14)15(17)12-6-5-10-3-1-2-4-11(10)9-12/h1-9H. The summed E-state index contributed by atoms with van der Waals surface area (Å²) in [6.45, 7) is 0. The van der Waals surface area contributed by atoms with E-state index in [1.807, 2.05) is 42.5 Å². The highest BCUT2D eigenvalue weighted by atomic mass is 35.5. The quantitative estimate of drug-likeness (QED) is 0.613. The fourth-order valence-electron chi connectivity index (χ4n) is 1.91. The van der Waals surface area contributed by atoms with E-state index in [-0.39, 0.29) is 5.78 Å². The zero-order valence-corrected chi connectivity index (χ0v) is 11.0. The summed E-state index contributed by atoms with van der Waals surface area (Å²) in [6, 6.07) is 17.3. The highest BCUT2D eigenvalue weighted by molar-refractivity contribution is 7.18. The number of fused-ring (bicyclic) bond motifs is 1. The first-order chi connectivity index (χ1) is 8.74. The van der Waals surface area contributed by atoms with Gasteiger partial charge in [0, 0.05) is 5.56 Å². The predicted molar refractivity (Wildman–Crippen MR) is 76.7 cm³/mol. The lowest BCUT2D eigenvalue weighted by Gasteiger charge is -2.01. The minimum absolute atomic E-state index is 0.0256. The Hall–Kier alpha value is -1.64. The van der Waals surface area contributed by atoms with Gasteiger partial charge in [0.05, 0.1) is 9.21 Å². The maximum absolute atomic E-state index is 12.3. The van der Waals surface area contributed by atoms with E-state index in [0.29, 0.717) is 14.8 Å². The number of carbonyl (C=O) groups excluding carboxylic acids is 1. The van der Waals surface area contributed by atoms with Crippen molar-refractivity contribution in [3.8, 4) is 0 Å². The van der Waals surface area contributed by atoms with Gasteiger partial charge in [-0.15, -0.1) is 11.3 Å². The largest absolute Gasteiger partial charge is 0.288 e. The van der Waals surface area contributed by atoms with Crippen molar-refractivity contribution in [3.63, 3.8) is 0 Å². The van der Waals surface area contributed by atoms with Gasteiger partial charge in [-0.3, -0.25) is 4.79 Å². The summed E-state index contributed by atoms with van der Waals surface area (Å²) < 4.78 is 0.638. The molecule has 1 nitrogen and oxygen atoms in total. The van der Waals surface area contributed by atoms with E-state index in [1.165, 1.54) is 11.3 Å². The molecule has 3 rings (SSSR count). The Bertz CT molecular complexity index is 730. The van der Waals surface area contributed by atoms with Crippen molar-refractivity contribution in [2.75, 3.05) is 0 Å². The molecule has 1 heterocycles. The number of thiophene rings is 1. The first-order valence-electron chi connectivity index (χ1n) is 5.53. The van der Waals surface area contributed by atoms with Crippen LogP contribution in [0.2, 0.25) is 4.34 Å². The van der Waals surface area contributed by atoms with Gasteiger partial charge in [0.2, 0.25) is 5.78 Å². The van der Waals surface area contributed by atoms with Crippen LogP contribution in [0.1, 0.15) is 15.2 Å². The Morgan fingerprint density at radius 3 is 2.44 bits per heavy atom. The Balaban J connectivity index is 2.06. The topological polar surface area (TPSA) is 17.1 Å². The van der Waals surface area contributed by atoms with Gasteiger partial charge >= 0.3 is 0 Å². The van der Waals surface area contributed by atoms with Crippen LogP contribution in [0, 0.1) is 0 Å². The van der Waals surface area contributed by atoms with E-state index in [1.54, 1.807) is 12.1 Å². The van der Waals surface area contributed by atoms with Crippen LogP contribution >= 0.6 is 22.9 Å². The van der Waals surface area contributed by atoms with Crippen LogP contribution in [-0.2, 0) is 0 Å². The van der Waals surface area contributed by atoms with Gasteiger partial charge in [-0.25, -0.2) is 0 Å². The van der Waals surface area contributed by atoms with Gasteiger partial charge in [-0.05, 0) is 29.0 Å². The molecule has 0 atom stereocenters. The number of hydrogen-bond acceptors (Lipinski definition) is 2. The zero-order chi connectivity index (χ0) is 12.5. The molecule has 0 radical (unpaired) electrons. The Labute approximate surface area is 114 Å². The van der Waals surface area contributed by atoms with E-state index in [0.717, 1.165) is 10.8 Å². The van der Waals surface area contributed by atoms with E-state index in [4.69, 9.17) is 11.6 Å². The Kier molecular flexibility index (Phi) is 2.90. The normalized spacial score (nSPS) is 10.7. The van der Waals surface area contributed by atoms with Gasteiger partial charge < -0.3 is 0 Å². The van der Waals surface area contributed by atoms with Crippen LogP contribution in [0.5, 0.6) is 0 Å². The molecule has 0 aliphatic rings. The first-order valence-corrected chi connectivity index (χ1v) is 6.72. The third-order valence-electron chi connectivity index (χ3n) is 2.81. The van der Waals surface area contributed by atoms with Gasteiger partial charge in [-0.1, -0.05) is 48.0 Å². The van der Waals surface area contributed by atoms with E-state index >= 15 is 0 Å². The van der Waals surface area contributed by atoms with Crippen LogP contribution < -0.4 is 0 Å². The van der Waals surface area contributed by atoms with Crippen LogP contribution in [-0.4, -0.2) is 5.78 Å². The van der Waals surface area contributed by atoms with Gasteiger partial charge in [0.25, 0.3) is 0 Å². The lowest BCUT2D eigenvalue weighted by atomic mass is 10.0. The SMILES string of the molecule is O=C(c1ccc2ccccc2c1)c1ccc(Cl)s1. The zero-order valence-electron chi connectivity index (χ0n) is 9.39. The molecule has 0 saturated heterocycles. The van der Waals surface area contributed by atoms with Gasteiger partial charge in [0.15, 0.2) is 0 Å². The lowest BCUT2D eigenvalue weighted by molar-refractivity contribution is 0.104. The number of benzene rings is 2. The molecule has 0 saturated carbocycles. The molecular weight excluding hydrogens is 264 g/mol. The monoisotopic (exact) mass is 272 g/mol. The molecule has 0 bridgehead atoms. The minimum atomic E-state index is 0.0256.